The summed E-state index contributed by atoms with van der Waals surface area (Å²) in [6, 6.07) is 7.50. The summed E-state index contributed by atoms with van der Waals surface area (Å²) < 4.78 is 42.9. The molecule has 2 heterocycles. The molecule has 2 aliphatic rings. The standard InChI is InChI=1S/C20H29BN2O4S/c1-19(2)20(3,4)27-21(26-19)17-14-23(18-13-9-8-12-16(17)18)28(24,25)22-15-10-6-5-7-11-15/h8-9,12-15,22H,5-7,10-11H2,1-4H3. The van der Waals surface area contributed by atoms with Gasteiger partial charge in [0.1, 0.15) is 0 Å². The van der Waals surface area contributed by atoms with Crippen molar-refractivity contribution in [2.75, 3.05) is 0 Å². The average molecular weight is 404 g/mol. The number of nitrogens with one attached hydrogen (secondary N) is 1. The van der Waals surface area contributed by atoms with Gasteiger partial charge in [-0.25, -0.2) is 3.97 Å². The smallest absolute Gasteiger partial charge is 0.399 e. The summed E-state index contributed by atoms with van der Waals surface area (Å²) in [4.78, 5) is 0. The maximum Gasteiger partial charge on any atom is 0.497 e. The van der Waals surface area contributed by atoms with Crippen LogP contribution in [0, 0.1) is 0 Å². The third-order valence-corrected chi connectivity index (χ3v) is 7.85. The Labute approximate surface area is 167 Å². The molecule has 2 aromatic rings. The summed E-state index contributed by atoms with van der Waals surface area (Å²) >= 11 is 0. The second-order valence-electron chi connectivity index (χ2n) is 8.94. The molecule has 8 heteroatoms. The molecule has 0 bridgehead atoms. The van der Waals surface area contributed by atoms with Crippen LogP contribution in [-0.2, 0) is 19.5 Å². The topological polar surface area (TPSA) is 69.6 Å². The minimum atomic E-state index is -3.70. The summed E-state index contributed by atoms with van der Waals surface area (Å²) in [6.45, 7) is 7.97. The van der Waals surface area contributed by atoms with Gasteiger partial charge in [0.25, 0.3) is 0 Å². The first-order chi connectivity index (χ1) is 13.1. The number of hydrogen-bond acceptors (Lipinski definition) is 4. The van der Waals surface area contributed by atoms with Crippen LogP contribution in [0.2, 0.25) is 0 Å². The van der Waals surface area contributed by atoms with Gasteiger partial charge in [-0.1, -0.05) is 37.5 Å². The van der Waals surface area contributed by atoms with Gasteiger partial charge in [-0.15, -0.1) is 0 Å². The van der Waals surface area contributed by atoms with Gasteiger partial charge in [-0.3, -0.25) is 0 Å². The van der Waals surface area contributed by atoms with Crippen molar-refractivity contribution in [3.05, 3.63) is 30.5 Å². The van der Waals surface area contributed by atoms with Gasteiger partial charge in [0.05, 0.1) is 16.7 Å². The highest BCUT2D eigenvalue weighted by Gasteiger charge is 2.52. The molecule has 152 valence electrons. The van der Waals surface area contributed by atoms with Crippen molar-refractivity contribution in [2.24, 2.45) is 0 Å². The largest absolute Gasteiger partial charge is 0.497 e. The van der Waals surface area contributed by atoms with Crippen molar-refractivity contribution in [1.29, 1.82) is 0 Å². The summed E-state index contributed by atoms with van der Waals surface area (Å²) in [6.07, 6.45) is 6.75. The summed E-state index contributed by atoms with van der Waals surface area (Å²) in [5.74, 6) is 0. The van der Waals surface area contributed by atoms with Crippen molar-refractivity contribution in [2.45, 2.75) is 77.0 Å². The Morgan fingerprint density at radius 2 is 1.64 bits per heavy atom. The lowest BCUT2D eigenvalue weighted by molar-refractivity contribution is 0.00578. The van der Waals surface area contributed by atoms with Crippen molar-refractivity contribution in [1.82, 2.24) is 8.69 Å². The van der Waals surface area contributed by atoms with Crippen LogP contribution in [0.4, 0.5) is 0 Å². The first kappa shape index (κ1) is 19.9. The summed E-state index contributed by atoms with van der Waals surface area (Å²) in [7, 11) is -4.31. The fourth-order valence-corrected chi connectivity index (χ4v) is 5.46. The van der Waals surface area contributed by atoms with E-state index in [1.807, 2.05) is 52.0 Å². The van der Waals surface area contributed by atoms with E-state index in [1.54, 1.807) is 6.20 Å². The van der Waals surface area contributed by atoms with E-state index in [9.17, 15) is 8.42 Å². The minimum Gasteiger partial charge on any atom is -0.399 e. The molecule has 0 atom stereocenters. The zero-order chi connectivity index (χ0) is 20.2. The number of para-hydroxylation sites is 1. The third-order valence-electron chi connectivity index (χ3n) is 6.40. The molecule has 2 fully saturated rings. The number of aromatic nitrogens is 1. The Hall–Kier alpha value is -1.35. The van der Waals surface area contributed by atoms with E-state index >= 15 is 0 Å². The van der Waals surface area contributed by atoms with E-state index in [1.165, 1.54) is 10.4 Å². The zero-order valence-electron chi connectivity index (χ0n) is 17.1. The number of hydrogen-bond donors (Lipinski definition) is 1. The highest BCUT2D eigenvalue weighted by atomic mass is 32.2. The van der Waals surface area contributed by atoms with E-state index in [4.69, 9.17) is 9.31 Å². The molecule has 1 aliphatic carbocycles. The van der Waals surface area contributed by atoms with Gasteiger partial charge in [0.15, 0.2) is 0 Å². The lowest BCUT2D eigenvalue weighted by Gasteiger charge is -2.32. The van der Waals surface area contributed by atoms with Crippen LogP contribution in [0.15, 0.2) is 30.5 Å². The SMILES string of the molecule is CC1(C)OB(c2cn(S(=O)(=O)NC3CCCCC3)c3ccccc23)OC1(C)C. The summed E-state index contributed by atoms with van der Waals surface area (Å²) in [5, 5.41) is 0.829. The van der Waals surface area contributed by atoms with Crippen LogP contribution in [0.1, 0.15) is 59.8 Å². The van der Waals surface area contributed by atoms with Crippen LogP contribution in [-0.4, -0.2) is 36.8 Å². The average Bonchev–Trinajstić information content (AvgIpc) is 3.11. The molecule has 1 saturated heterocycles. The molecule has 1 saturated carbocycles. The van der Waals surface area contributed by atoms with Gasteiger partial charge in [0.2, 0.25) is 0 Å². The summed E-state index contributed by atoms with van der Waals surface area (Å²) in [5.41, 5.74) is 0.402. The molecule has 6 nitrogen and oxygen atoms in total. The van der Waals surface area contributed by atoms with Crippen molar-refractivity contribution in [3.8, 4) is 0 Å². The molecule has 0 radical (unpaired) electrons. The Morgan fingerprint density at radius 3 is 2.29 bits per heavy atom. The molecule has 1 aromatic carbocycles. The van der Waals surface area contributed by atoms with Crippen molar-refractivity contribution in [3.63, 3.8) is 0 Å². The Balaban J connectivity index is 1.73. The molecule has 0 unspecified atom stereocenters. The van der Waals surface area contributed by atoms with E-state index < -0.39 is 28.5 Å². The molecular formula is C20H29BN2O4S. The Bertz CT molecular complexity index is 961. The maximum atomic E-state index is 13.2. The predicted octanol–water partition coefficient (Wildman–Crippen LogP) is 2.96. The van der Waals surface area contributed by atoms with Crippen LogP contribution < -0.4 is 10.2 Å². The number of rotatable bonds is 4. The third kappa shape index (κ3) is 3.40. The molecule has 0 spiro atoms. The lowest BCUT2D eigenvalue weighted by atomic mass is 9.79. The van der Waals surface area contributed by atoms with Crippen LogP contribution in [0.3, 0.4) is 0 Å². The molecule has 1 N–H and O–H groups in total. The second kappa shape index (κ2) is 6.87. The quantitative estimate of drug-likeness (QED) is 0.796. The molecule has 4 rings (SSSR count). The van der Waals surface area contributed by atoms with Crippen molar-refractivity contribution < 1.29 is 17.7 Å². The predicted molar refractivity (Wildman–Crippen MR) is 112 cm³/mol. The Kier molecular flexibility index (Phi) is 4.89. The van der Waals surface area contributed by atoms with E-state index in [2.05, 4.69) is 4.72 Å². The van der Waals surface area contributed by atoms with E-state index in [-0.39, 0.29) is 6.04 Å². The van der Waals surface area contributed by atoms with Crippen LogP contribution in [0.5, 0.6) is 0 Å². The van der Waals surface area contributed by atoms with Gasteiger partial charge in [-0.05, 0) is 46.6 Å². The maximum absolute atomic E-state index is 13.2. The lowest BCUT2D eigenvalue weighted by Crippen LogP contribution is -2.41. The molecule has 28 heavy (non-hydrogen) atoms. The highest BCUT2D eigenvalue weighted by Crippen LogP contribution is 2.37. The molecular weight excluding hydrogens is 375 g/mol. The van der Waals surface area contributed by atoms with E-state index in [0.717, 1.165) is 36.5 Å². The minimum absolute atomic E-state index is 0.000194. The molecule has 1 aliphatic heterocycles. The molecule has 1 aromatic heterocycles. The number of fused-ring (bicyclic) bond motifs is 1. The zero-order valence-corrected chi connectivity index (χ0v) is 17.9. The van der Waals surface area contributed by atoms with Crippen LogP contribution >= 0.6 is 0 Å². The monoisotopic (exact) mass is 404 g/mol. The van der Waals surface area contributed by atoms with Gasteiger partial charge >= 0.3 is 17.3 Å². The fraction of sp³-hybridized carbons (Fsp3) is 0.600. The van der Waals surface area contributed by atoms with Crippen LogP contribution in [0.25, 0.3) is 10.9 Å². The van der Waals surface area contributed by atoms with Crippen molar-refractivity contribution >= 4 is 33.7 Å². The first-order valence-corrected chi connectivity index (χ1v) is 11.5. The van der Waals surface area contributed by atoms with Gasteiger partial charge < -0.3 is 9.31 Å². The van der Waals surface area contributed by atoms with E-state index in [0.29, 0.717) is 5.52 Å². The first-order valence-electron chi connectivity index (χ1n) is 10.1. The number of benzene rings is 1. The highest BCUT2D eigenvalue weighted by molar-refractivity contribution is 7.88. The Morgan fingerprint density at radius 1 is 1.04 bits per heavy atom. The number of nitrogens with zero attached hydrogens (tertiary/aromatic N) is 1. The second-order valence-corrected chi connectivity index (χ2v) is 10.5. The van der Waals surface area contributed by atoms with Gasteiger partial charge in [-0.2, -0.15) is 13.1 Å². The fourth-order valence-electron chi connectivity index (χ4n) is 4.02. The van der Waals surface area contributed by atoms with Gasteiger partial charge in [0, 0.05) is 23.1 Å². The normalized spacial score (nSPS) is 22.8. The molecule has 0 amide bonds.